The van der Waals surface area contributed by atoms with Crippen LogP contribution in [0.3, 0.4) is 0 Å². The van der Waals surface area contributed by atoms with Crippen molar-refractivity contribution in [3.8, 4) is 5.75 Å². The van der Waals surface area contributed by atoms with Gasteiger partial charge in [0.05, 0.1) is 17.3 Å². The molecule has 2 rings (SSSR count). The number of aromatic nitrogens is 3. The van der Waals surface area contributed by atoms with Crippen LogP contribution in [0.25, 0.3) is 0 Å². The monoisotopic (exact) mass is 300 g/mol. The van der Waals surface area contributed by atoms with Crippen molar-refractivity contribution in [1.29, 1.82) is 0 Å². The fourth-order valence-electron chi connectivity index (χ4n) is 1.55. The molecule has 1 aromatic heterocycles. The van der Waals surface area contributed by atoms with E-state index in [1.165, 1.54) is 0 Å². The van der Waals surface area contributed by atoms with Crippen LogP contribution < -0.4 is 10.1 Å². The Morgan fingerprint density at radius 1 is 1.37 bits per heavy atom. The highest BCUT2D eigenvalue weighted by Gasteiger charge is 2.03. The normalized spacial score (nSPS) is 10.7. The molecule has 0 amide bonds. The molecule has 1 heterocycles. The van der Waals surface area contributed by atoms with Gasteiger partial charge in [-0.3, -0.25) is 0 Å². The molecule has 0 atom stereocenters. The first-order valence-electron chi connectivity index (χ1n) is 5.80. The summed E-state index contributed by atoms with van der Waals surface area (Å²) in [6.45, 7) is 1.77. The molecule has 0 saturated carbocycles. The second-order valence-electron chi connectivity index (χ2n) is 3.93. The van der Waals surface area contributed by atoms with E-state index in [1.54, 1.807) is 22.9 Å². The Morgan fingerprint density at radius 3 is 2.95 bits per heavy atom. The Hall–Kier alpha value is -1.30. The molecule has 0 aliphatic carbocycles. The summed E-state index contributed by atoms with van der Waals surface area (Å²) >= 11 is 11.8. The Balaban J connectivity index is 1.85. The Kier molecular flexibility index (Phi) is 5.01. The van der Waals surface area contributed by atoms with Crippen molar-refractivity contribution in [1.82, 2.24) is 20.3 Å². The standard InChI is InChI=1S/C12H14Cl2N4O/c1-15-7-10-8-18(17-16-10)4-5-19-12-3-2-9(13)6-11(12)14/h2-3,6,8,15H,4-5,7H2,1H3. The third-order valence-corrected chi connectivity index (χ3v) is 2.95. The first-order chi connectivity index (χ1) is 9.19. The molecule has 0 spiro atoms. The van der Waals surface area contributed by atoms with E-state index >= 15 is 0 Å². The summed E-state index contributed by atoms with van der Waals surface area (Å²) in [5, 5.41) is 12.1. The number of hydrogen-bond acceptors (Lipinski definition) is 4. The molecular weight excluding hydrogens is 287 g/mol. The zero-order chi connectivity index (χ0) is 13.7. The van der Waals surface area contributed by atoms with Crippen molar-refractivity contribution in [2.24, 2.45) is 0 Å². The summed E-state index contributed by atoms with van der Waals surface area (Å²) in [5.41, 5.74) is 0.895. The third-order valence-electron chi connectivity index (χ3n) is 2.42. The molecule has 19 heavy (non-hydrogen) atoms. The number of rotatable bonds is 6. The summed E-state index contributed by atoms with van der Waals surface area (Å²) in [5.74, 6) is 0.613. The van der Waals surface area contributed by atoms with Gasteiger partial charge in [0.25, 0.3) is 0 Å². The number of nitrogens with zero attached hydrogens (tertiary/aromatic N) is 3. The molecule has 0 radical (unpaired) electrons. The average molecular weight is 301 g/mol. The lowest BCUT2D eigenvalue weighted by Crippen LogP contribution is -2.09. The fraction of sp³-hybridized carbons (Fsp3) is 0.333. The van der Waals surface area contributed by atoms with Gasteiger partial charge in [-0.1, -0.05) is 28.4 Å². The van der Waals surface area contributed by atoms with Crippen molar-refractivity contribution >= 4 is 23.2 Å². The Morgan fingerprint density at radius 2 is 2.21 bits per heavy atom. The largest absolute Gasteiger partial charge is 0.490 e. The minimum absolute atomic E-state index is 0.462. The van der Waals surface area contributed by atoms with E-state index in [-0.39, 0.29) is 0 Å². The number of hydrogen-bond donors (Lipinski definition) is 1. The van der Waals surface area contributed by atoms with Gasteiger partial charge in [-0.15, -0.1) is 5.10 Å². The Bertz CT molecular complexity index is 544. The molecule has 0 saturated heterocycles. The van der Waals surface area contributed by atoms with Crippen LogP contribution in [0.2, 0.25) is 10.0 Å². The molecule has 1 aromatic carbocycles. The topological polar surface area (TPSA) is 52.0 Å². The van der Waals surface area contributed by atoms with Crippen molar-refractivity contribution in [2.45, 2.75) is 13.1 Å². The first-order valence-corrected chi connectivity index (χ1v) is 6.56. The van der Waals surface area contributed by atoms with Crippen LogP contribution in [0.15, 0.2) is 24.4 Å². The second kappa shape index (κ2) is 6.75. The molecule has 0 bridgehead atoms. The maximum atomic E-state index is 6.00. The lowest BCUT2D eigenvalue weighted by Gasteiger charge is -2.07. The molecule has 0 fully saturated rings. The molecular formula is C12H14Cl2N4O. The molecule has 5 nitrogen and oxygen atoms in total. The molecule has 0 aliphatic rings. The van der Waals surface area contributed by atoms with Crippen LogP contribution in [0.4, 0.5) is 0 Å². The number of ether oxygens (including phenoxy) is 1. The first kappa shape index (κ1) is 14.1. The number of nitrogens with one attached hydrogen (secondary N) is 1. The highest BCUT2D eigenvalue weighted by atomic mass is 35.5. The van der Waals surface area contributed by atoms with Gasteiger partial charge in [0.15, 0.2) is 0 Å². The molecule has 0 unspecified atom stereocenters. The van der Waals surface area contributed by atoms with E-state index in [2.05, 4.69) is 15.6 Å². The summed E-state index contributed by atoms with van der Waals surface area (Å²) in [6.07, 6.45) is 1.88. The molecule has 0 aliphatic heterocycles. The summed E-state index contributed by atoms with van der Waals surface area (Å²) in [4.78, 5) is 0. The summed E-state index contributed by atoms with van der Waals surface area (Å²) in [6, 6.07) is 5.14. The number of halogens is 2. The van der Waals surface area contributed by atoms with Crippen molar-refractivity contribution < 1.29 is 4.74 Å². The summed E-state index contributed by atoms with van der Waals surface area (Å²) in [7, 11) is 1.87. The van der Waals surface area contributed by atoms with Crippen LogP contribution in [-0.2, 0) is 13.1 Å². The van der Waals surface area contributed by atoms with Gasteiger partial charge in [-0.2, -0.15) is 0 Å². The van der Waals surface area contributed by atoms with E-state index in [0.29, 0.717) is 35.5 Å². The quantitative estimate of drug-likeness (QED) is 0.890. The fourth-order valence-corrected chi connectivity index (χ4v) is 2.01. The zero-order valence-corrected chi connectivity index (χ0v) is 11.9. The predicted molar refractivity (Wildman–Crippen MR) is 74.7 cm³/mol. The highest BCUT2D eigenvalue weighted by Crippen LogP contribution is 2.27. The Labute approximate surface area is 121 Å². The van der Waals surface area contributed by atoms with E-state index < -0.39 is 0 Å². The van der Waals surface area contributed by atoms with Crippen LogP contribution in [0.5, 0.6) is 5.75 Å². The van der Waals surface area contributed by atoms with E-state index in [4.69, 9.17) is 27.9 Å². The summed E-state index contributed by atoms with van der Waals surface area (Å²) < 4.78 is 7.30. The maximum absolute atomic E-state index is 6.00. The molecule has 2 aromatic rings. The number of benzene rings is 1. The maximum Gasteiger partial charge on any atom is 0.138 e. The molecule has 7 heteroatoms. The van der Waals surface area contributed by atoms with E-state index in [9.17, 15) is 0 Å². The van der Waals surface area contributed by atoms with Gasteiger partial charge in [0, 0.05) is 17.8 Å². The zero-order valence-electron chi connectivity index (χ0n) is 10.4. The van der Waals surface area contributed by atoms with Gasteiger partial charge < -0.3 is 10.1 Å². The lowest BCUT2D eigenvalue weighted by atomic mass is 10.3. The average Bonchev–Trinajstić information content (AvgIpc) is 2.80. The van der Waals surface area contributed by atoms with Gasteiger partial charge in [0.2, 0.25) is 0 Å². The minimum Gasteiger partial charge on any atom is -0.490 e. The van der Waals surface area contributed by atoms with Crippen LogP contribution in [0, 0.1) is 0 Å². The second-order valence-corrected chi connectivity index (χ2v) is 4.77. The van der Waals surface area contributed by atoms with Gasteiger partial charge in [-0.25, -0.2) is 4.68 Å². The lowest BCUT2D eigenvalue weighted by molar-refractivity contribution is 0.290. The minimum atomic E-state index is 0.462. The van der Waals surface area contributed by atoms with Crippen molar-refractivity contribution in [2.75, 3.05) is 13.7 Å². The van der Waals surface area contributed by atoms with Crippen LogP contribution >= 0.6 is 23.2 Å². The SMILES string of the molecule is CNCc1cn(CCOc2ccc(Cl)cc2Cl)nn1. The van der Waals surface area contributed by atoms with Gasteiger partial charge >= 0.3 is 0 Å². The third kappa shape index (κ3) is 4.09. The van der Waals surface area contributed by atoms with Crippen LogP contribution in [-0.4, -0.2) is 28.6 Å². The highest BCUT2D eigenvalue weighted by molar-refractivity contribution is 6.35. The van der Waals surface area contributed by atoms with Crippen molar-refractivity contribution in [3.63, 3.8) is 0 Å². The molecule has 1 N–H and O–H groups in total. The van der Waals surface area contributed by atoms with E-state index in [0.717, 1.165) is 5.69 Å². The van der Waals surface area contributed by atoms with Crippen molar-refractivity contribution in [3.05, 3.63) is 40.1 Å². The predicted octanol–water partition coefficient (Wildman–Crippen LogP) is 2.38. The van der Waals surface area contributed by atoms with Gasteiger partial charge in [0.1, 0.15) is 12.4 Å². The van der Waals surface area contributed by atoms with E-state index in [1.807, 2.05) is 13.2 Å². The van der Waals surface area contributed by atoms with Gasteiger partial charge in [-0.05, 0) is 25.2 Å². The van der Waals surface area contributed by atoms with Crippen LogP contribution in [0.1, 0.15) is 5.69 Å². The smallest absolute Gasteiger partial charge is 0.138 e. The molecule has 102 valence electrons.